The first kappa shape index (κ1) is 14.4. The van der Waals surface area contributed by atoms with Crippen LogP contribution in [0.25, 0.3) is 5.53 Å². The molecule has 18 heavy (non-hydrogen) atoms. The number of Topliss-reactive ketones (excluding diaryl/α,β-unsaturated/α-hetero) is 1. The van der Waals surface area contributed by atoms with E-state index in [0.717, 1.165) is 12.6 Å². The zero-order valence-corrected chi connectivity index (χ0v) is 11.0. The molecule has 6 heteroatoms. The molecule has 1 rings (SSSR count). The maximum absolute atomic E-state index is 11.5. The quantitative estimate of drug-likeness (QED) is 0.470. The number of carbonyl (C=O) groups is 2. The van der Waals surface area contributed by atoms with E-state index in [1.807, 2.05) is 0 Å². The molecule has 100 valence electrons. The van der Waals surface area contributed by atoms with Gasteiger partial charge in [-0.25, -0.2) is 4.79 Å². The van der Waals surface area contributed by atoms with Crippen LogP contribution in [0.4, 0.5) is 4.79 Å². The molecule has 0 radical (unpaired) electrons. The SMILES string of the molecule is CC(C)(C)OC(=O)N[C@H]1CC[C@@H](C(=O)C=[N+]=[N-])C1. The van der Waals surface area contributed by atoms with Crippen molar-refractivity contribution in [3.63, 3.8) is 0 Å². The van der Waals surface area contributed by atoms with Crippen molar-refractivity contribution in [2.24, 2.45) is 5.92 Å². The predicted molar refractivity (Wildman–Crippen MR) is 65.2 cm³/mol. The number of ketones is 1. The maximum Gasteiger partial charge on any atom is 0.407 e. The molecule has 1 aliphatic rings. The number of hydrogen-bond donors (Lipinski definition) is 1. The molecule has 1 aliphatic carbocycles. The first-order valence-electron chi connectivity index (χ1n) is 6.02. The third-order valence-corrected chi connectivity index (χ3v) is 2.74. The van der Waals surface area contributed by atoms with Crippen LogP contribution in [-0.4, -0.2) is 34.5 Å². The summed E-state index contributed by atoms with van der Waals surface area (Å²) in [7, 11) is 0. The van der Waals surface area contributed by atoms with Gasteiger partial charge in [0.2, 0.25) is 5.78 Å². The van der Waals surface area contributed by atoms with Crippen LogP contribution in [0.1, 0.15) is 40.0 Å². The summed E-state index contributed by atoms with van der Waals surface area (Å²) in [6.07, 6.45) is 2.43. The molecule has 0 aromatic rings. The van der Waals surface area contributed by atoms with Crippen molar-refractivity contribution in [3.8, 4) is 0 Å². The molecule has 6 nitrogen and oxygen atoms in total. The molecular weight excluding hydrogens is 234 g/mol. The van der Waals surface area contributed by atoms with Gasteiger partial charge in [0.15, 0.2) is 0 Å². The van der Waals surface area contributed by atoms with Crippen LogP contribution in [0.15, 0.2) is 0 Å². The van der Waals surface area contributed by atoms with Crippen molar-refractivity contribution in [1.82, 2.24) is 5.32 Å². The summed E-state index contributed by atoms with van der Waals surface area (Å²) in [4.78, 5) is 25.7. The third-order valence-electron chi connectivity index (χ3n) is 2.74. The van der Waals surface area contributed by atoms with E-state index >= 15 is 0 Å². The van der Waals surface area contributed by atoms with E-state index in [1.165, 1.54) is 0 Å². The second-order valence-corrected chi connectivity index (χ2v) is 5.50. The lowest BCUT2D eigenvalue weighted by atomic mass is 10.0. The molecule has 1 amide bonds. The molecule has 1 N–H and O–H groups in total. The van der Waals surface area contributed by atoms with Gasteiger partial charge in [-0.1, -0.05) is 0 Å². The van der Waals surface area contributed by atoms with Crippen LogP contribution in [0.5, 0.6) is 0 Å². The maximum atomic E-state index is 11.5. The molecule has 2 atom stereocenters. The van der Waals surface area contributed by atoms with Gasteiger partial charge in [0.1, 0.15) is 5.60 Å². The van der Waals surface area contributed by atoms with Crippen molar-refractivity contribution < 1.29 is 19.1 Å². The van der Waals surface area contributed by atoms with E-state index in [1.54, 1.807) is 20.8 Å². The second-order valence-electron chi connectivity index (χ2n) is 5.50. The highest BCUT2D eigenvalue weighted by Crippen LogP contribution is 2.26. The fraction of sp³-hybridized carbons (Fsp3) is 0.750. The van der Waals surface area contributed by atoms with Crippen LogP contribution < -0.4 is 5.32 Å². The van der Waals surface area contributed by atoms with Gasteiger partial charge in [0.25, 0.3) is 0 Å². The minimum Gasteiger partial charge on any atom is -0.444 e. The van der Waals surface area contributed by atoms with Crippen molar-refractivity contribution >= 4 is 18.1 Å². The number of ether oxygens (including phenoxy) is 1. The average Bonchev–Trinajstić information content (AvgIpc) is 2.63. The van der Waals surface area contributed by atoms with E-state index in [-0.39, 0.29) is 17.7 Å². The Morgan fingerprint density at radius 1 is 1.39 bits per heavy atom. The topological polar surface area (TPSA) is 91.8 Å². The number of hydrogen-bond acceptors (Lipinski definition) is 3. The summed E-state index contributed by atoms with van der Waals surface area (Å²) in [5.74, 6) is -0.383. The summed E-state index contributed by atoms with van der Waals surface area (Å²) >= 11 is 0. The standard InChI is InChI=1S/C12H19N3O3/c1-12(2,3)18-11(17)15-9-5-4-8(6-9)10(16)7-14-13/h7-9H,4-6H2,1-3H3,(H,15,17)/t8-,9+/m1/s1. The van der Waals surface area contributed by atoms with E-state index in [4.69, 9.17) is 10.3 Å². The number of alkyl carbamates (subject to hydrolysis) is 1. The highest BCUT2D eigenvalue weighted by atomic mass is 16.6. The van der Waals surface area contributed by atoms with Gasteiger partial charge in [0.05, 0.1) is 0 Å². The first-order valence-corrected chi connectivity index (χ1v) is 6.02. The van der Waals surface area contributed by atoms with Gasteiger partial charge in [-0.2, -0.15) is 4.79 Å². The molecule has 0 aromatic carbocycles. The Labute approximate surface area is 106 Å². The number of rotatable bonds is 3. The lowest BCUT2D eigenvalue weighted by Gasteiger charge is -2.21. The van der Waals surface area contributed by atoms with Crippen LogP contribution >= 0.6 is 0 Å². The van der Waals surface area contributed by atoms with Crippen molar-refractivity contribution in [2.75, 3.05) is 0 Å². The summed E-state index contributed by atoms with van der Waals surface area (Å²) < 4.78 is 5.14. The van der Waals surface area contributed by atoms with Gasteiger partial charge in [-0.15, -0.1) is 0 Å². The summed E-state index contributed by atoms with van der Waals surface area (Å²) in [5.41, 5.74) is 7.77. The van der Waals surface area contributed by atoms with Crippen LogP contribution in [0.3, 0.4) is 0 Å². The highest BCUT2D eigenvalue weighted by molar-refractivity contribution is 6.26. The Balaban J connectivity index is 2.41. The molecular formula is C12H19N3O3. The monoisotopic (exact) mass is 253 g/mol. The number of nitrogens with one attached hydrogen (secondary N) is 1. The minimum absolute atomic E-state index is 0.0547. The van der Waals surface area contributed by atoms with Crippen molar-refractivity contribution in [2.45, 2.75) is 51.7 Å². The van der Waals surface area contributed by atoms with E-state index in [0.29, 0.717) is 12.8 Å². The highest BCUT2D eigenvalue weighted by Gasteiger charge is 2.32. The molecule has 0 spiro atoms. The van der Waals surface area contributed by atoms with Crippen LogP contribution in [-0.2, 0) is 9.53 Å². The van der Waals surface area contributed by atoms with Gasteiger partial charge in [-0.05, 0) is 40.0 Å². The first-order chi connectivity index (χ1) is 8.31. The molecule has 0 aromatic heterocycles. The van der Waals surface area contributed by atoms with Crippen LogP contribution in [0, 0.1) is 5.92 Å². The predicted octanol–water partition coefficient (Wildman–Crippen LogP) is 1.55. The molecule has 0 aliphatic heterocycles. The van der Waals surface area contributed by atoms with Gasteiger partial charge in [0, 0.05) is 12.0 Å². The zero-order valence-electron chi connectivity index (χ0n) is 11.0. The molecule has 0 bridgehead atoms. The summed E-state index contributed by atoms with van der Waals surface area (Å²) in [5, 5.41) is 2.74. The van der Waals surface area contributed by atoms with Crippen molar-refractivity contribution in [3.05, 3.63) is 5.53 Å². The molecule has 0 saturated heterocycles. The Kier molecular flexibility index (Phi) is 4.62. The lowest BCUT2D eigenvalue weighted by molar-refractivity contribution is -0.119. The summed E-state index contributed by atoms with van der Waals surface area (Å²) in [6.45, 7) is 5.39. The van der Waals surface area contributed by atoms with Crippen molar-refractivity contribution in [1.29, 1.82) is 0 Å². The smallest absolute Gasteiger partial charge is 0.407 e. The minimum atomic E-state index is -0.526. The Morgan fingerprint density at radius 2 is 2.06 bits per heavy atom. The van der Waals surface area contributed by atoms with Gasteiger partial charge in [-0.3, -0.25) is 4.79 Å². The zero-order chi connectivity index (χ0) is 13.8. The Hall–Kier alpha value is -1.68. The number of carbonyl (C=O) groups excluding carboxylic acids is 2. The van der Waals surface area contributed by atoms with E-state index in [2.05, 4.69) is 10.1 Å². The molecule has 1 saturated carbocycles. The fourth-order valence-corrected chi connectivity index (χ4v) is 2.01. The van der Waals surface area contributed by atoms with Gasteiger partial charge < -0.3 is 15.6 Å². The largest absolute Gasteiger partial charge is 0.444 e. The molecule has 1 fully saturated rings. The van der Waals surface area contributed by atoms with Gasteiger partial charge >= 0.3 is 12.3 Å². The number of nitrogens with zero attached hydrogens (tertiary/aromatic N) is 2. The van der Waals surface area contributed by atoms with Crippen LogP contribution in [0.2, 0.25) is 0 Å². The second kappa shape index (κ2) is 5.78. The average molecular weight is 253 g/mol. The molecule has 0 heterocycles. The van der Waals surface area contributed by atoms with E-state index in [9.17, 15) is 9.59 Å². The lowest BCUT2D eigenvalue weighted by Crippen LogP contribution is -2.38. The normalized spacial score (nSPS) is 23.1. The fourth-order valence-electron chi connectivity index (χ4n) is 2.01. The molecule has 0 unspecified atom stereocenters. The Bertz CT molecular complexity index is 381. The Morgan fingerprint density at radius 3 is 2.61 bits per heavy atom. The third kappa shape index (κ3) is 4.67. The van der Waals surface area contributed by atoms with E-state index < -0.39 is 11.7 Å². The summed E-state index contributed by atoms with van der Waals surface area (Å²) in [6, 6.07) is -0.0547. The number of amides is 1.